The summed E-state index contributed by atoms with van der Waals surface area (Å²) >= 11 is 0. The lowest BCUT2D eigenvalue weighted by molar-refractivity contribution is 0.103. The van der Waals surface area contributed by atoms with Crippen molar-refractivity contribution in [2.45, 2.75) is 32.1 Å². The van der Waals surface area contributed by atoms with Gasteiger partial charge in [0.05, 0.1) is 0 Å². The second-order valence-corrected chi connectivity index (χ2v) is 4.54. The molecule has 0 radical (unpaired) electrons. The molecule has 0 aliphatic heterocycles. The van der Waals surface area contributed by atoms with Crippen LogP contribution in [0, 0.1) is 5.82 Å². The molecular formula is C14H13FO. The average Bonchev–Trinajstić information content (AvgIpc) is 2.47. The number of hydrogen-bond acceptors (Lipinski definition) is 1. The molecule has 1 nitrogen and oxygen atoms in total. The first-order chi connectivity index (χ1) is 7.77. The van der Waals surface area contributed by atoms with Crippen LogP contribution in [0.15, 0.2) is 23.8 Å². The van der Waals surface area contributed by atoms with Crippen LogP contribution in [0.2, 0.25) is 0 Å². The summed E-state index contributed by atoms with van der Waals surface area (Å²) in [5.74, 6) is -0.114. The molecule has 1 aromatic rings. The van der Waals surface area contributed by atoms with Crippen molar-refractivity contribution in [3.63, 3.8) is 0 Å². The van der Waals surface area contributed by atoms with Crippen LogP contribution in [0.25, 0.3) is 5.57 Å². The molecule has 0 aromatic heterocycles. The molecule has 0 atom stereocenters. The Hall–Kier alpha value is -1.44. The van der Waals surface area contributed by atoms with Gasteiger partial charge in [-0.3, -0.25) is 4.79 Å². The summed E-state index contributed by atoms with van der Waals surface area (Å²) < 4.78 is 13.2. The molecule has 2 heteroatoms. The fourth-order valence-corrected chi connectivity index (χ4v) is 2.76. The molecule has 0 bridgehead atoms. The van der Waals surface area contributed by atoms with Crippen molar-refractivity contribution in [1.29, 1.82) is 0 Å². The standard InChI is InChI=1S/C14H13FO/c15-9-6-7-12-13(8-9)10-4-2-1-3-5-11(10)14(12)16/h6-8H,1-5H2. The lowest BCUT2D eigenvalue weighted by atomic mass is 10.0. The molecule has 0 amide bonds. The third-order valence-corrected chi connectivity index (χ3v) is 3.54. The van der Waals surface area contributed by atoms with Crippen molar-refractivity contribution in [3.05, 3.63) is 40.7 Å². The monoisotopic (exact) mass is 216 g/mol. The highest BCUT2D eigenvalue weighted by molar-refractivity contribution is 6.20. The third kappa shape index (κ3) is 1.33. The number of allylic oxidation sites excluding steroid dienone is 2. The summed E-state index contributed by atoms with van der Waals surface area (Å²) in [5.41, 5.74) is 3.60. The predicted molar refractivity (Wildman–Crippen MR) is 60.7 cm³/mol. The highest BCUT2D eigenvalue weighted by Crippen LogP contribution is 2.40. The van der Waals surface area contributed by atoms with E-state index in [1.807, 2.05) is 0 Å². The number of hydrogen-bond donors (Lipinski definition) is 0. The van der Waals surface area contributed by atoms with Crippen LogP contribution < -0.4 is 0 Å². The van der Waals surface area contributed by atoms with Gasteiger partial charge in [-0.05, 0) is 55.0 Å². The van der Waals surface area contributed by atoms with Crippen molar-refractivity contribution >= 4 is 11.4 Å². The van der Waals surface area contributed by atoms with Crippen molar-refractivity contribution in [2.75, 3.05) is 0 Å². The molecule has 0 fully saturated rings. The van der Waals surface area contributed by atoms with Gasteiger partial charge in [0.1, 0.15) is 5.82 Å². The zero-order chi connectivity index (χ0) is 11.1. The van der Waals surface area contributed by atoms with E-state index in [4.69, 9.17) is 0 Å². The molecule has 0 unspecified atom stereocenters. The zero-order valence-electron chi connectivity index (χ0n) is 9.05. The maximum atomic E-state index is 13.2. The molecule has 1 aromatic carbocycles. The number of Topliss-reactive ketones (excluding diaryl/α,β-unsaturated/α-hetero) is 1. The van der Waals surface area contributed by atoms with Gasteiger partial charge in [-0.15, -0.1) is 0 Å². The Morgan fingerprint density at radius 1 is 0.938 bits per heavy atom. The Labute approximate surface area is 94.0 Å². The number of halogens is 1. The first-order valence-corrected chi connectivity index (χ1v) is 5.84. The highest BCUT2D eigenvalue weighted by atomic mass is 19.1. The SMILES string of the molecule is O=C1C2=C(CCCCC2)c2cc(F)ccc21. The Morgan fingerprint density at radius 2 is 1.69 bits per heavy atom. The van der Waals surface area contributed by atoms with E-state index in [0.717, 1.165) is 42.4 Å². The van der Waals surface area contributed by atoms with Crippen molar-refractivity contribution < 1.29 is 9.18 Å². The van der Waals surface area contributed by atoms with Gasteiger partial charge in [-0.2, -0.15) is 0 Å². The Balaban J connectivity index is 2.17. The van der Waals surface area contributed by atoms with E-state index in [0.29, 0.717) is 5.56 Å². The van der Waals surface area contributed by atoms with Gasteiger partial charge in [0.15, 0.2) is 5.78 Å². The van der Waals surface area contributed by atoms with E-state index in [9.17, 15) is 9.18 Å². The number of carbonyl (C=O) groups is 1. The molecular weight excluding hydrogens is 203 g/mol. The van der Waals surface area contributed by atoms with E-state index in [-0.39, 0.29) is 11.6 Å². The maximum Gasteiger partial charge on any atom is 0.189 e. The van der Waals surface area contributed by atoms with Crippen LogP contribution >= 0.6 is 0 Å². The minimum absolute atomic E-state index is 0.131. The molecule has 2 aliphatic rings. The molecule has 0 heterocycles. The van der Waals surface area contributed by atoms with Crippen molar-refractivity contribution in [2.24, 2.45) is 0 Å². The smallest absolute Gasteiger partial charge is 0.189 e. The topological polar surface area (TPSA) is 17.1 Å². The third-order valence-electron chi connectivity index (χ3n) is 3.54. The summed E-state index contributed by atoms with van der Waals surface area (Å²) in [6.07, 6.45) is 5.16. The largest absolute Gasteiger partial charge is 0.289 e. The summed E-state index contributed by atoms with van der Waals surface area (Å²) in [7, 11) is 0. The van der Waals surface area contributed by atoms with Crippen LogP contribution in [-0.2, 0) is 0 Å². The summed E-state index contributed by atoms with van der Waals surface area (Å²) in [5, 5.41) is 0. The van der Waals surface area contributed by atoms with Gasteiger partial charge in [0.2, 0.25) is 0 Å². The Morgan fingerprint density at radius 3 is 2.50 bits per heavy atom. The minimum Gasteiger partial charge on any atom is -0.289 e. The van der Waals surface area contributed by atoms with E-state index in [2.05, 4.69) is 0 Å². The minimum atomic E-state index is -0.246. The first kappa shape index (κ1) is 9.76. The lowest BCUT2D eigenvalue weighted by Crippen LogP contribution is -1.98. The molecule has 2 aliphatic carbocycles. The number of benzene rings is 1. The molecule has 16 heavy (non-hydrogen) atoms. The fourth-order valence-electron chi connectivity index (χ4n) is 2.76. The van der Waals surface area contributed by atoms with Crippen LogP contribution in [0.4, 0.5) is 4.39 Å². The first-order valence-electron chi connectivity index (χ1n) is 5.84. The van der Waals surface area contributed by atoms with Gasteiger partial charge in [0, 0.05) is 11.1 Å². The van der Waals surface area contributed by atoms with E-state index in [1.165, 1.54) is 18.6 Å². The molecule has 82 valence electrons. The number of rotatable bonds is 0. The highest BCUT2D eigenvalue weighted by Gasteiger charge is 2.29. The number of carbonyl (C=O) groups excluding carboxylic acids is 1. The van der Waals surface area contributed by atoms with E-state index in [1.54, 1.807) is 6.07 Å². The molecule has 0 saturated carbocycles. The quantitative estimate of drug-likeness (QED) is 0.645. The molecule has 3 rings (SSSR count). The van der Waals surface area contributed by atoms with E-state index < -0.39 is 0 Å². The van der Waals surface area contributed by atoms with Gasteiger partial charge in [-0.1, -0.05) is 6.42 Å². The molecule has 0 N–H and O–H groups in total. The van der Waals surface area contributed by atoms with Gasteiger partial charge in [0.25, 0.3) is 0 Å². The maximum absolute atomic E-state index is 13.2. The van der Waals surface area contributed by atoms with Gasteiger partial charge >= 0.3 is 0 Å². The van der Waals surface area contributed by atoms with Crippen molar-refractivity contribution in [1.82, 2.24) is 0 Å². The Bertz CT molecular complexity index is 499. The van der Waals surface area contributed by atoms with Gasteiger partial charge < -0.3 is 0 Å². The number of ketones is 1. The molecule has 0 spiro atoms. The lowest BCUT2D eigenvalue weighted by Gasteiger charge is -2.03. The second kappa shape index (κ2) is 3.55. The Kier molecular flexibility index (Phi) is 2.16. The van der Waals surface area contributed by atoms with Crippen LogP contribution in [0.3, 0.4) is 0 Å². The summed E-state index contributed by atoms with van der Waals surface area (Å²) in [4.78, 5) is 12.1. The second-order valence-electron chi connectivity index (χ2n) is 4.54. The van der Waals surface area contributed by atoms with Crippen LogP contribution in [0.5, 0.6) is 0 Å². The fraction of sp³-hybridized carbons (Fsp3) is 0.357. The number of fused-ring (bicyclic) bond motifs is 2. The van der Waals surface area contributed by atoms with Crippen molar-refractivity contribution in [3.8, 4) is 0 Å². The van der Waals surface area contributed by atoms with Gasteiger partial charge in [-0.25, -0.2) is 4.39 Å². The predicted octanol–water partition coefficient (Wildman–Crippen LogP) is 3.74. The summed E-state index contributed by atoms with van der Waals surface area (Å²) in [6, 6.07) is 4.52. The summed E-state index contributed by atoms with van der Waals surface area (Å²) in [6.45, 7) is 0. The zero-order valence-corrected chi connectivity index (χ0v) is 9.05. The van der Waals surface area contributed by atoms with E-state index >= 15 is 0 Å². The van der Waals surface area contributed by atoms with Crippen LogP contribution in [-0.4, -0.2) is 5.78 Å². The average molecular weight is 216 g/mol. The van der Waals surface area contributed by atoms with Crippen LogP contribution in [0.1, 0.15) is 48.0 Å². The molecule has 0 saturated heterocycles. The normalized spacial score (nSPS) is 19.4.